The second kappa shape index (κ2) is 10.3. The number of hydrogen-bond acceptors (Lipinski definition) is 6. The molecule has 0 saturated carbocycles. The van der Waals surface area contributed by atoms with E-state index in [-0.39, 0.29) is 17.6 Å². The van der Waals surface area contributed by atoms with Gasteiger partial charge in [-0.2, -0.15) is 17.9 Å². The number of rotatable bonds is 7. The maximum Gasteiger partial charge on any atom is 0.453 e. The summed E-state index contributed by atoms with van der Waals surface area (Å²) in [6.07, 6.45) is -5.08. The Morgan fingerprint density at radius 2 is 2.00 bits per heavy atom. The molecule has 186 valence electrons. The fraction of sp³-hybridized carbons (Fsp3) is 0.391. The van der Waals surface area contributed by atoms with Crippen LogP contribution in [0.2, 0.25) is 0 Å². The molecule has 1 aliphatic rings. The second-order valence-corrected chi connectivity index (χ2v) is 8.16. The number of hydrogen-bond donors (Lipinski definition) is 2. The number of tetrazole rings is 1. The third-order valence-electron chi connectivity index (χ3n) is 5.98. The first-order valence-electron chi connectivity index (χ1n) is 11.2. The zero-order valence-electron chi connectivity index (χ0n) is 18.9. The minimum Gasteiger partial charge on any atom is -0.494 e. The zero-order valence-corrected chi connectivity index (χ0v) is 18.9. The number of piperidine rings is 1. The van der Waals surface area contributed by atoms with Crippen LogP contribution in [0.25, 0.3) is 5.69 Å². The van der Waals surface area contributed by atoms with E-state index in [9.17, 15) is 23.1 Å². The third-order valence-corrected chi connectivity index (χ3v) is 5.98. The summed E-state index contributed by atoms with van der Waals surface area (Å²) in [5, 5.41) is 22.8. The Morgan fingerprint density at radius 3 is 2.69 bits per heavy atom. The monoisotopic (exact) mass is 490 g/mol. The number of benzene rings is 2. The molecule has 0 aliphatic carbocycles. The summed E-state index contributed by atoms with van der Waals surface area (Å²) in [4.78, 5) is 13.0. The maximum atomic E-state index is 13.3. The standard InChI is InChI=1S/C23H25F3N6O3/c1-2-35-20-9-8-17(32-21(23(24,25)26)28-29-30-32)12-16(20)13-27-19-10-11-31(22(33)34)14-18(19)15-6-4-3-5-7-15/h3-9,12,18-19,27H,2,10-11,13-14H2,1H3,(H,33,34)/t18-,19-/m0/s1. The number of carbonyl (C=O) groups is 1. The van der Waals surface area contributed by atoms with Gasteiger partial charge in [0.2, 0.25) is 0 Å². The molecule has 1 saturated heterocycles. The Hall–Kier alpha value is -3.67. The van der Waals surface area contributed by atoms with Crippen molar-refractivity contribution in [3.8, 4) is 11.4 Å². The van der Waals surface area contributed by atoms with Crippen LogP contribution >= 0.6 is 0 Å². The van der Waals surface area contributed by atoms with Crippen molar-refractivity contribution < 1.29 is 27.8 Å². The predicted octanol–water partition coefficient (Wildman–Crippen LogP) is 3.71. The van der Waals surface area contributed by atoms with E-state index in [1.165, 1.54) is 11.0 Å². The third kappa shape index (κ3) is 5.53. The molecular formula is C23H25F3N6O3. The molecule has 1 fully saturated rings. The number of aromatic nitrogens is 4. The van der Waals surface area contributed by atoms with Crippen LogP contribution in [0.15, 0.2) is 48.5 Å². The fourth-order valence-corrected chi connectivity index (χ4v) is 4.32. The maximum absolute atomic E-state index is 13.3. The van der Waals surface area contributed by atoms with Crippen LogP contribution in [-0.4, -0.2) is 62.0 Å². The molecule has 1 aliphatic heterocycles. The number of nitrogens with one attached hydrogen (secondary N) is 1. The van der Waals surface area contributed by atoms with Gasteiger partial charge in [0, 0.05) is 37.2 Å². The number of amides is 1. The van der Waals surface area contributed by atoms with Gasteiger partial charge in [-0.25, -0.2) is 4.79 Å². The summed E-state index contributed by atoms with van der Waals surface area (Å²) in [6, 6.07) is 14.2. The second-order valence-electron chi connectivity index (χ2n) is 8.16. The molecule has 4 rings (SSSR count). The highest BCUT2D eigenvalue weighted by Gasteiger charge is 2.38. The first kappa shape index (κ1) is 24.5. The summed E-state index contributed by atoms with van der Waals surface area (Å²) in [5.41, 5.74) is 1.81. The number of halogens is 3. The van der Waals surface area contributed by atoms with Crippen molar-refractivity contribution in [1.82, 2.24) is 30.4 Å². The molecule has 3 aromatic rings. The van der Waals surface area contributed by atoms with E-state index >= 15 is 0 Å². The Balaban J connectivity index is 1.59. The summed E-state index contributed by atoms with van der Waals surface area (Å²) in [7, 11) is 0. The summed E-state index contributed by atoms with van der Waals surface area (Å²) in [5.74, 6) is -0.772. The molecule has 35 heavy (non-hydrogen) atoms. The molecule has 2 heterocycles. The molecule has 2 N–H and O–H groups in total. The average Bonchev–Trinajstić information content (AvgIpc) is 3.35. The lowest BCUT2D eigenvalue weighted by Gasteiger charge is -2.38. The van der Waals surface area contributed by atoms with Gasteiger partial charge < -0.3 is 20.1 Å². The fourth-order valence-electron chi connectivity index (χ4n) is 4.32. The van der Waals surface area contributed by atoms with Gasteiger partial charge in [0.25, 0.3) is 5.82 Å². The van der Waals surface area contributed by atoms with Gasteiger partial charge in [-0.1, -0.05) is 30.3 Å². The Bertz CT molecular complexity index is 1150. The molecular weight excluding hydrogens is 465 g/mol. The van der Waals surface area contributed by atoms with Gasteiger partial charge in [0.1, 0.15) is 5.75 Å². The molecule has 2 aromatic carbocycles. The van der Waals surface area contributed by atoms with Gasteiger partial charge in [-0.15, -0.1) is 5.10 Å². The first-order valence-corrected chi connectivity index (χ1v) is 11.2. The lowest BCUT2D eigenvalue weighted by atomic mass is 9.86. The molecule has 1 amide bonds. The molecule has 0 radical (unpaired) electrons. The number of ether oxygens (including phenoxy) is 1. The predicted molar refractivity (Wildman–Crippen MR) is 119 cm³/mol. The molecule has 0 unspecified atom stereocenters. The van der Waals surface area contributed by atoms with Gasteiger partial charge in [-0.05, 0) is 47.5 Å². The molecule has 1 aromatic heterocycles. The van der Waals surface area contributed by atoms with Crippen molar-refractivity contribution in [2.45, 2.75) is 38.0 Å². The van der Waals surface area contributed by atoms with Crippen LogP contribution in [0.5, 0.6) is 5.75 Å². The summed E-state index contributed by atoms with van der Waals surface area (Å²) < 4.78 is 46.3. The Labute approximate surface area is 199 Å². The van der Waals surface area contributed by atoms with E-state index in [0.29, 0.717) is 48.7 Å². The van der Waals surface area contributed by atoms with E-state index in [1.807, 2.05) is 37.3 Å². The molecule has 0 spiro atoms. The van der Waals surface area contributed by atoms with Crippen molar-refractivity contribution in [1.29, 1.82) is 0 Å². The Morgan fingerprint density at radius 1 is 1.23 bits per heavy atom. The van der Waals surface area contributed by atoms with Gasteiger partial charge in [-0.3, -0.25) is 0 Å². The normalized spacial score (nSPS) is 18.5. The average molecular weight is 490 g/mol. The van der Waals surface area contributed by atoms with Crippen LogP contribution in [0.3, 0.4) is 0 Å². The summed E-state index contributed by atoms with van der Waals surface area (Å²) in [6.45, 7) is 3.23. The van der Waals surface area contributed by atoms with E-state index in [2.05, 4.69) is 20.8 Å². The van der Waals surface area contributed by atoms with Gasteiger partial charge in [0.15, 0.2) is 0 Å². The van der Waals surface area contributed by atoms with E-state index in [4.69, 9.17) is 4.74 Å². The minimum atomic E-state index is -4.71. The highest BCUT2D eigenvalue weighted by molar-refractivity contribution is 5.65. The van der Waals surface area contributed by atoms with Crippen LogP contribution in [-0.2, 0) is 12.7 Å². The lowest BCUT2D eigenvalue weighted by molar-refractivity contribution is -0.146. The number of likely N-dealkylation sites (tertiary alicyclic amines) is 1. The van der Waals surface area contributed by atoms with E-state index in [0.717, 1.165) is 5.56 Å². The van der Waals surface area contributed by atoms with E-state index < -0.39 is 18.1 Å². The van der Waals surface area contributed by atoms with Crippen molar-refractivity contribution >= 4 is 6.09 Å². The summed E-state index contributed by atoms with van der Waals surface area (Å²) >= 11 is 0. The smallest absolute Gasteiger partial charge is 0.453 e. The largest absolute Gasteiger partial charge is 0.494 e. The quantitative estimate of drug-likeness (QED) is 0.520. The van der Waals surface area contributed by atoms with Crippen molar-refractivity contribution in [3.63, 3.8) is 0 Å². The Kier molecular flexibility index (Phi) is 7.20. The lowest BCUT2D eigenvalue weighted by Crippen LogP contribution is -2.49. The first-order chi connectivity index (χ1) is 16.8. The van der Waals surface area contributed by atoms with Crippen LogP contribution < -0.4 is 10.1 Å². The van der Waals surface area contributed by atoms with Crippen LogP contribution in [0.4, 0.5) is 18.0 Å². The number of nitrogens with zero attached hydrogens (tertiary/aromatic N) is 5. The topological polar surface area (TPSA) is 105 Å². The minimum absolute atomic E-state index is 0.0510. The SMILES string of the molecule is CCOc1ccc(-n2nnnc2C(F)(F)F)cc1CN[C@H]1CCN(C(=O)O)C[C@H]1c1ccccc1. The van der Waals surface area contributed by atoms with Gasteiger partial charge in [0.05, 0.1) is 12.3 Å². The van der Waals surface area contributed by atoms with E-state index in [1.54, 1.807) is 12.1 Å². The number of alkyl halides is 3. The zero-order chi connectivity index (χ0) is 25.0. The highest BCUT2D eigenvalue weighted by Crippen LogP contribution is 2.31. The van der Waals surface area contributed by atoms with Crippen molar-refractivity contribution in [3.05, 3.63) is 65.5 Å². The number of carboxylic acid groups (broad SMARTS) is 1. The van der Waals surface area contributed by atoms with Crippen molar-refractivity contribution in [2.75, 3.05) is 19.7 Å². The van der Waals surface area contributed by atoms with Crippen LogP contribution in [0.1, 0.15) is 36.2 Å². The van der Waals surface area contributed by atoms with Crippen molar-refractivity contribution in [2.24, 2.45) is 0 Å². The molecule has 0 bridgehead atoms. The molecule has 9 nitrogen and oxygen atoms in total. The molecule has 2 atom stereocenters. The molecule has 12 heteroatoms. The van der Waals surface area contributed by atoms with Gasteiger partial charge >= 0.3 is 12.3 Å². The van der Waals surface area contributed by atoms with Crippen LogP contribution in [0, 0.1) is 0 Å². The highest BCUT2D eigenvalue weighted by atomic mass is 19.4.